The number of carbonyl (C=O) groups excluding carboxylic acids is 3. The van der Waals surface area contributed by atoms with Crippen molar-refractivity contribution in [3.05, 3.63) is 35.6 Å². The van der Waals surface area contributed by atoms with E-state index in [0.29, 0.717) is 12.2 Å². The van der Waals surface area contributed by atoms with Crippen molar-refractivity contribution in [2.75, 3.05) is 6.54 Å². The molecule has 9 nitrogen and oxygen atoms in total. The summed E-state index contributed by atoms with van der Waals surface area (Å²) in [4.78, 5) is 45.4. The summed E-state index contributed by atoms with van der Waals surface area (Å²) in [6, 6.07) is 0.169. The van der Waals surface area contributed by atoms with Gasteiger partial charge in [-0.15, -0.1) is 6.58 Å². The lowest BCUT2D eigenvalue weighted by atomic mass is 9.85. The first-order valence-corrected chi connectivity index (χ1v) is 13.0. The third-order valence-corrected chi connectivity index (χ3v) is 6.51. The molecule has 2 unspecified atom stereocenters. The molecule has 1 saturated carbocycles. The second kappa shape index (κ2) is 10.8. The number of nitrogens with zero attached hydrogens (tertiary/aromatic N) is 2. The molecule has 1 aromatic heterocycles. The Hall–Kier alpha value is -2.62. The van der Waals surface area contributed by atoms with Crippen LogP contribution in [0.2, 0.25) is 0 Å². The first-order chi connectivity index (χ1) is 16.7. The van der Waals surface area contributed by atoms with Crippen molar-refractivity contribution in [3.63, 3.8) is 0 Å². The van der Waals surface area contributed by atoms with Gasteiger partial charge in [0.15, 0.2) is 0 Å². The molecule has 3 rings (SSSR count). The quantitative estimate of drug-likeness (QED) is 0.487. The number of halogens is 1. The Morgan fingerprint density at radius 1 is 1.19 bits per heavy atom. The summed E-state index contributed by atoms with van der Waals surface area (Å²) < 4.78 is 12.3. The first kappa shape index (κ1) is 28.0. The summed E-state index contributed by atoms with van der Waals surface area (Å²) in [5, 5.41) is 5.77. The number of carbonyl (C=O) groups is 3. The number of hydrogen-bond donors (Lipinski definition) is 2. The van der Waals surface area contributed by atoms with Gasteiger partial charge in [-0.3, -0.25) is 14.6 Å². The second-order valence-electron chi connectivity index (χ2n) is 11.5. The van der Waals surface area contributed by atoms with E-state index in [2.05, 4.69) is 38.1 Å². The van der Waals surface area contributed by atoms with Gasteiger partial charge in [-0.05, 0) is 60.5 Å². The monoisotopic (exact) mass is 564 g/mol. The van der Waals surface area contributed by atoms with Crippen molar-refractivity contribution in [3.8, 4) is 5.75 Å². The van der Waals surface area contributed by atoms with E-state index in [1.807, 2.05) is 26.8 Å². The molecule has 1 aliphatic carbocycles. The van der Waals surface area contributed by atoms with Crippen LogP contribution in [0, 0.1) is 11.3 Å². The Bertz CT molecular complexity index is 1000. The van der Waals surface area contributed by atoms with Gasteiger partial charge in [-0.25, -0.2) is 4.79 Å². The molecule has 2 heterocycles. The number of alkyl carbamates (subject to hydrolysis) is 1. The van der Waals surface area contributed by atoms with Crippen LogP contribution in [0.25, 0.3) is 0 Å². The molecule has 1 aliphatic heterocycles. The smallest absolute Gasteiger partial charge is 0.408 e. The molecule has 2 aliphatic rings. The Labute approximate surface area is 221 Å². The van der Waals surface area contributed by atoms with Crippen molar-refractivity contribution < 1.29 is 23.9 Å². The molecule has 2 N–H and O–H groups in total. The van der Waals surface area contributed by atoms with Gasteiger partial charge in [0.05, 0.1) is 12.7 Å². The zero-order chi connectivity index (χ0) is 26.8. The van der Waals surface area contributed by atoms with Gasteiger partial charge in [0, 0.05) is 23.1 Å². The molecule has 1 saturated heterocycles. The van der Waals surface area contributed by atoms with Gasteiger partial charge in [-0.2, -0.15) is 0 Å². The van der Waals surface area contributed by atoms with Gasteiger partial charge < -0.3 is 25.0 Å². The lowest BCUT2D eigenvalue weighted by molar-refractivity contribution is -0.142. The van der Waals surface area contributed by atoms with Crippen LogP contribution in [0.4, 0.5) is 4.79 Å². The second-order valence-corrected chi connectivity index (χ2v) is 12.4. The predicted molar refractivity (Wildman–Crippen MR) is 139 cm³/mol. The van der Waals surface area contributed by atoms with Gasteiger partial charge in [0.2, 0.25) is 11.8 Å². The Kier molecular flexibility index (Phi) is 8.37. The van der Waals surface area contributed by atoms with E-state index in [-0.39, 0.29) is 30.3 Å². The number of nitrogens with one attached hydrogen (secondary N) is 2. The molecular formula is C26H37BrN4O5. The number of rotatable bonds is 7. The van der Waals surface area contributed by atoms with Crippen LogP contribution in [-0.2, 0) is 14.3 Å². The average Bonchev–Trinajstić information content (AvgIpc) is 3.36. The third kappa shape index (κ3) is 7.44. The maximum Gasteiger partial charge on any atom is 0.408 e. The minimum atomic E-state index is -0.907. The molecule has 5 atom stereocenters. The summed E-state index contributed by atoms with van der Waals surface area (Å²) in [7, 11) is 0. The molecule has 0 aromatic carbocycles. The summed E-state index contributed by atoms with van der Waals surface area (Å²) >= 11 is 3.38. The number of amides is 3. The van der Waals surface area contributed by atoms with E-state index >= 15 is 0 Å². The Balaban J connectivity index is 1.82. The van der Waals surface area contributed by atoms with E-state index in [4.69, 9.17) is 9.47 Å². The van der Waals surface area contributed by atoms with Crippen molar-refractivity contribution in [2.45, 2.75) is 84.2 Å². The van der Waals surface area contributed by atoms with Crippen molar-refractivity contribution in [1.29, 1.82) is 0 Å². The largest absolute Gasteiger partial charge is 0.487 e. The highest BCUT2D eigenvalue weighted by atomic mass is 79.9. The van der Waals surface area contributed by atoms with E-state index in [0.717, 1.165) is 10.9 Å². The fraction of sp³-hybridized carbons (Fsp3) is 0.615. The first-order valence-electron chi connectivity index (χ1n) is 12.2. The van der Waals surface area contributed by atoms with E-state index in [1.165, 1.54) is 4.90 Å². The molecule has 0 bridgehead atoms. The van der Waals surface area contributed by atoms with Crippen molar-refractivity contribution in [2.24, 2.45) is 11.3 Å². The van der Waals surface area contributed by atoms with Gasteiger partial charge in [0.25, 0.3) is 0 Å². The number of hydrogen-bond acceptors (Lipinski definition) is 6. The number of ether oxygens (including phenoxy) is 2. The molecule has 198 valence electrons. The van der Waals surface area contributed by atoms with E-state index in [9.17, 15) is 14.4 Å². The highest BCUT2D eigenvalue weighted by Gasteiger charge is 2.47. The normalized spacial score (nSPS) is 24.5. The van der Waals surface area contributed by atoms with E-state index in [1.54, 1.807) is 39.2 Å². The molecule has 10 heteroatoms. The summed E-state index contributed by atoms with van der Waals surface area (Å²) in [5.74, 6) is 0.190. The average molecular weight is 566 g/mol. The van der Waals surface area contributed by atoms with Crippen LogP contribution in [0.1, 0.15) is 54.4 Å². The number of pyridine rings is 1. The minimum absolute atomic E-state index is 0.0273. The molecule has 36 heavy (non-hydrogen) atoms. The fourth-order valence-electron chi connectivity index (χ4n) is 4.18. The van der Waals surface area contributed by atoms with Gasteiger partial charge in [-0.1, -0.05) is 26.8 Å². The molecular weight excluding hydrogens is 528 g/mol. The predicted octanol–water partition coefficient (Wildman–Crippen LogP) is 3.82. The van der Waals surface area contributed by atoms with Crippen LogP contribution in [0.3, 0.4) is 0 Å². The Morgan fingerprint density at radius 3 is 2.44 bits per heavy atom. The molecule has 1 aromatic rings. The number of likely N-dealkylation sites (tertiary alicyclic amines) is 1. The fourth-order valence-corrected chi connectivity index (χ4v) is 4.53. The summed E-state index contributed by atoms with van der Waals surface area (Å²) in [6.45, 7) is 14.8. The van der Waals surface area contributed by atoms with Gasteiger partial charge in [0.1, 0.15) is 29.5 Å². The Morgan fingerprint density at radius 2 is 1.89 bits per heavy atom. The highest BCUT2D eigenvalue weighted by molar-refractivity contribution is 9.10. The zero-order valence-corrected chi connectivity index (χ0v) is 23.4. The number of aromatic nitrogens is 1. The zero-order valence-electron chi connectivity index (χ0n) is 21.8. The minimum Gasteiger partial charge on any atom is -0.487 e. The van der Waals surface area contributed by atoms with Crippen molar-refractivity contribution >= 4 is 33.8 Å². The van der Waals surface area contributed by atoms with Crippen LogP contribution >= 0.6 is 15.9 Å². The van der Waals surface area contributed by atoms with E-state index < -0.39 is 35.3 Å². The van der Waals surface area contributed by atoms with Crippen LogP contribution < -0.4 is 15.4 Å². The topological polar surface area (TPSA) is 110 Å². The lowest BCUT2D eigenvalue weighted by Crippen LogP contribution is -2.58. The molecule has 2 fully saturated rings. The van der Waals surface area contributed by atoms with Gasteiger partial charge >= 0.3 is 6.09 Å². The summed E-state index contributed by atoms with van der Waals surface area (Å²) in [6.07, 6.45) is 5.12. The standard InChI is InChI=1S/C26H37BrN4O5/c1-8-15-9-19(15)29-22(32)20-11-18(35-17-10-16(27)12-28-13-17)14-31(20)23(33)21(25(2,3)4)30-24(34)36-26(5,6)7/h8,10,12-13,15,18-21H,1,9,11,14H2,2-7H3,(H,29,32)(H,30,34)/t15?,18-,19?,20+,21-/m1/s1. The van der Waals surface area contributed by atoms with Crippen molar-refractivity contribution in [1.82, 2.24) is 20.5 Å². The van der Waals surface area contributed by atoms with Crippen LogP contribution in [-0.4, -0.2) is 64.2 Å². The maximum atomic E-state index is 13.9. The van der Waals surface area contributed by atoms with Crippen LogP contribution in [0.15, 0.2) is 35.6 Å². The van der Waals surface area contributed by atoms with Crippen LogP contribution in [0.5, 0.6) is 5.75 Å². The molecule has 0 radical (unpaired) electrons. The molecule has 3 amide bonds. The summed E-state index contributed by atoms with van der Waals surface area (Å²) in [5.41, 5.74) is -1.35. The third-order valence-electron chi connectivity index (χ3n) is 6.08. The molecule has 0 spiro atoms. The maximum absolute atomic E-state index is 13.9. The lowest BCUT2D eigenvalue weighted by Gasteiger charge is -2.35. The SMILES string of the molecule is C=CC1CC1NC(=O)[C@@H]1C[C@@H](Oc2cncc(Br)c2)CN1C(=O)[C@@H](NC(=O)OC(C)(C)C)C(C)(C)C. The highest BCUT2D eigenvalue weighted by Crippen LogP contribution is 2.33.